The van der Waals surface area contributed by atoms with Crippen molar-refractivity contribution in [2.24, 2.45) is 5.92 Å². The fourth-order valence-corrected chi connectivity index (χ4v) is 2.66. The van der Waals surface area contributed by atoms with Gasteiger partial charge in [0.25, 0.3) is 0 Å². The maximum atomic E-state index is 5.83. The van der Waals surface area contributed by atoms with Crippen LogP contribution in [0.3, 0.4) is 0 Å². The fraction of sp³-hybridized carbons (Fsp3) is 0.800. The monoisotopic (exact) mass is 293 g/mol. The molecule has 0 bridgehead atoms. The fourth-order valence-electron chi connectivity index (χ4n) is 2.66. The van der Waals surface area contributed by atoms with Gasteiger partial charge in [-0.2, -0.15) is 15.0 Å². The Morgan fingerprint density at radius 3 is 2.43 bits per heavy atom. The molecule has 0 aromatic carbocycles. The van der Waals surface area contributed by atoms with E-state index in [1.54, 1.807) is 0 Å². The predicted octanol–water partition coefficient (Wildman–Crippen LogP) is 2.72. The standard InChI is InChI=1S/C15H27N5O/c1-4-16-13-17-14(20(5-2)6-3)19-15(18-13)21-11-12-9-7-8-10-12/h12H,4-11H2,1-3H3,(H,16,17,18,19). The molecule has 0 radical (unpaired) electrons. The summed E-state index contributed by atoms with van der Waals surface area (Å²) in [6.45, 7) is 9.46. The number of hydrogen-bond acceptors (Lipinski definition) is 6. The molecule has 118 valence electrons. The summed E-state index contributed by atoms with van der Waals surface area (Å²) in [5.41, 5.74) is 0. The average Bonchev–Trinajstić information content (AvgIpc) is 3.00. The smallest absolute Gasteiger partial charge is 0.323 e. The molecule has 0 aliphatic heterocycles. The minimum Gasteiger partial charge on any atom is -0.463 e. The maximum Gasteiger partial charge on any atom is 0.323 e. The number of rotatable bonds is 8. The topological polar surface area (TPSA) is 63.2 Å². The summed E-state index contributed by atoms with van der Waals surface area (Å²) in [5, 5.41) is 3.15. The van der Waals surface area contributed by atoms with E-state index in [1.807, 2.05) is 6.92 Å². The van der Waals surface area contributed by atoms with Crippen LogP contribution in [-0.4, -0.2) is 41.2 Å². The summed E-state index contributed by atoms with van der Waals surface area (Å²) in [6.07, 6.45) is 5.15. The van der Waals surface area contributed by atoms with Gasteiger partial charge in [-0.05, 0) is 39.5 Å². The molecule has 1 fully saturated rings. The Bertz CT molecular complexity index is 430. The van der Waals surface area contributed by atoms with Crippen molar-refractivity contribution >= 4 is 11.9 Å². The van der Waals surface area contributed by atoms with Crippen LogP contribution in [0.15, 0.2) is 0 Å². The van der Waals surface area contributed by atoms with Gasteiger partial charge in [0, 0.05) is 19.6 Å². The Morgan fingerprint density at radius 2 is 1.81 bits per heavy atom. The van der Waals surface area contributed by atoms with Crippen LogP contribution in [0.4, 0.5) is 11.9 Å². The molecular weight excluding hydrogens is 266 g/mol. The Labute approximate surface area is 127 Å². The summed E-state index contributed by atoms with van der Waals surface area (Å²) < 4.78 is 5.83. The predicted molar refractivity (Wildman–Crippen MR) is 85.0 cm³/mol. The van der Waals surface area contributed by atoms with E-state index < -0.39 is 0 Å². The summed E-state index contributed by atoms with van der Waals surface area (Å²) in [7, 11) is 0. The van der Waals surface area contributed by atoms with Gasteiger partial charge in [-0.25, -0.2) is 0 Å². The zero-order chi connectivity index (χ0) is 15.1. The van der Waals surface area contributed by atoms with E-state index in [1.165, 1.54) is 25.7 Å². The van der Waals surface area contributed by atoms with Gasteiger partial charge in [0.1, 0.15) is 0 Å². The first-order chi connectivity index (χ1) is 10.3. The Hall–Kier alpha value is -1.59. The van der Waals surface area contributed by atoms with Crippen molar-refractivity contribution in [3.63, 3.8) is 0 Å². The number of anilines is 2. The van der Waals surface area contributed by atoms with Crippen molar-refractivity contribution < 1.29 is 4.74 Å². The second-order valence-electron chi connectivity index (χ2n) is 5.41. The molecule has 21 heavy (non-hydrogen) atoms. The van der Waals surface area contributed by atoms with Gasteiger partial charge < -0.3 is 15.0 Å². The van der Waals surface area contributed by atoms with E-state index in [4.69, 9.17) is 4.74 Å². The van der Waals surface area contributed by atoms with Crippen LogP contribution < -0.4 is 15.0 Å². The highest BCUT2D eigenvalue weighted by molar-refractivity contribution is 5.38. The Morgan fingerprint density at radius 1 is 1.10 bits per heavy atom. The molecule has 1 aliphatic carbocycles. The van der Waals surface area contributed by atoms with E-state index in [9.17, 15) is 0 Å². The lowest BCUT2D eigenvalue weighted by Gasteiger charge is -2.19. The summed E-state index contributed by atoms with van der Waals surface area (Å²) >= 11 is 0. The van der Waals surface area contributed by atoms with E-state index in [2.05, 4.69) is 39.0 Å². The number of aromatic nitrogens is 3. The van der Waals surface area contributed by atoms with Crippen LogP contribution in [-0.2, 0) is 0 Å². The first-order valence-corrected chi connectivity index (χ1v) is 8.14. The molecule has 1 aromatic rings. The number of hydrogen-bond donors (Lipinski definition) is 1. The second-order valence-corrected chi connectivity index (χ2v) is 5.41. The van der Waals surface area contributed by atoms with E-state index in [0.29, 0.717) is 30.4 Å². The lowest BCUT2D eigenvalue weighted by atomic mass is 10.1. The van der Waals surface area contributed by atoms with Crippen molar-refractivity contribution in [1.82, 2.24) is 15.0 Å². The van der Waals surface area contributed by atoms with Crippen LogP contribution in [0, 0.1) is 5.92 Å². The average molecular weight is 293 g/mol. The largest absolute Gasteiger partial charge is 0.463 e. The highest BCUT2D eigenvalue weighted by Gasteiger charge is 2.17. The lowest BCUT2D eigenvalue weighted by Crippen LogP contribution is -2.25. The van der Waals surface area contributed by atoms with Crippen LogP contribution in [0.1, 0.15) is 46.5 Å². The molecule has 1 N–H and O–H groups in total. The van der Waals surface area contributed by atoms with Crippen LogP contribution in [0.5, 0.6) is 6.01 Å². The third kappa shape index (κ3) is 4.44. The van der Waals surface area contributed by atoms with Crippen LogP contribution >= 0.6 is 0 Å². The maximum absolute atomic E-state index is 5.83. The molecule has 1 aromatic heterocycles. The van der Waals surface area contributed by atoms with Crippen molar-refractivity contribution in [3.8, 4) is 6.01 Å². The molecule has 0 amide bonds. The third-order valence-electron chi connectivity index (χ3n) is 3.91. The summed E-state index contributed by atoms with van der Waals surface area (Å²) in [4.78, 5) is 15.4. The molecule has 1 heterocycles. The zero-order valence-corrected chi connectivity index (χ0v) is 13.4. The molecule has 0 spiro atoms. The first-order valence-electron chi connectivity index (χ1n) is 8.14. The van der Waals surface area contributed by atoms with Gasteiger partial charge in [0.05, 0.1) is 6.61 Å². The lowest BCUT2D eigenvalue weighted by molar-refractivity contribution is 0.234. The quantitative estimate of drug-likeness (QED) is 0.795. The van der Waals surface area contributed by atoms with Crippen molar-refractivity contribution in [1.29, 1.82) is 0 Å². The zero-order valence-electron chi connectivity index (χ0n) is 13.4. The molecule has 6 nitrogen and oxygen atoms in total. The number of nitrogens with zero attached hydrogens (tertiary/aromatic N) is 4. The van der Waals surface area contributed by atoms with E-state index in [-0.39, 0.29) is 0 Å². The Balaban J connectivity index is 2.09. The highest BCUT2D eigenvalue weighted by atomic mass is 16.5. The third-order valence-corrected chi connectivity index (χ3v) is 3.91. The van der Waals surface area contributed by atoms with Gasteiger partial charge in [-0.1, -0.05) is 12.8 Å². The molecule has 0 saturated heterocycles. The normalized spacial score (nSPS) is 15.2. The van der Waals surface area contributed by atoms with Gasteiger partial charge in [-0.15, -0.1) is 0 Å². The number of ether oxygens (including phenoxy) is 1. The van der Waals surface area contributed by atoms with E-state index in [0.717, 1.165) is 19.6 Å². The van der Waals surface area contributed by atoms with Gasteiger partial charge in [0.15, 0.2) is 0 Å². The number of nitrogens with one attached hydrogen (secondary N) is 1. The molecule has 6 heteroatoms. The molecule has 0 unspecified atom stereocenters. The van der Waals surface area contributed by atoms with Crippen LogP contribution in [0.25, 0.3) is 0 Å². The molecule has 2 rings (SSSR count). The van der Waals surface area contributed by atoms with Crippen molar-refractivity contribution in [3.05, 3.63) is 0 Å². The SMILES string of the molecule is CCNc1nc(OCC2CCCC2)nc(N(CC)CC)n1. The van der Waals surface area contributed by atoms with E-state index >= 15 is 0 Å². The van der Waals surface area contributed by atoms with Gasteiger partial charge in [-0.3, -0.25) is 0 Å². The van der Waals surface area contributed by atoms with Crippen molar-refractivity contribution in [2.75, 3.05) is 36.5 Å². The minimum absolute atomic E-state index is 0.440. The summed E-state index contributed by atoms with van der Waals surface area (Å²) in [6, 6.07) is 0.440. The van der Waals surface area contributed by atoms with Crippen molar-refractivity contribution in [2.45, 2.75) is 46.5 Å². The molecular formula is C15H27N5O. The van der Waals surface area contributed by atoms with Gasteiger partial charge in [0.2, 0.25) is 11.9 Å². The first kappa shape index (κ1) is 15.8. The van der Waals surface area contributed by atoms with Gasteiger partial charge >= 0.3 is 6.01 Å². The minimum atomic E-state index is 0.440. The van der Waals surface area contributed by atoms with Crippen LogP contribution in [0.2, 0.25) is 0 Å². The molecule has 1 aliphatic rings. The second kappa shape index (κ2) is 8.00. The highest BCUT2D eigenvalue weighted by Crippen LogP contribution is 2.25. The molecule has 1 saturated carbocycles. The molecule has 0 atom stereocenters. The summed E-state index contributed by atoms with van der Waals surface area (Å²) in [5.74, 6) is 1.93. The Kier molecular flexibility index (Phi) is 6.02.